The van der Waals surface area contributed by atoms with Gasteiger partial charge in [0.15, 0.2) is 0 Å². The summed E-state index contributed by atoms with van der Waals surface area (Å²) < 4.78 is 5.26. The number of rotatable bonds is 4. The van der Waals surface area contributed by atoms with E-state index in [1.165, 1.54) is 11.3 Å². The number of benzene rings is 1. The molecule has 21 heavy (non-hydrogen) atoms. The minimum Gasteiger partial charge on any atom is -0.461 e. The topological polar surface area (TPSA) is 67.4 Å². The van der Waals surface area contributed by atoms with Crippen LogP contribution in [0.15, 0.2) is 36.4 Å². The Morgan fingerprint density at radius 3 is 2.81 bits per heavy atom. The Hall–Kier alpha value is -2.34. The molecule has 0 aliphatic carbocycles. The lowest BCUT2D eigenvalue weighted by Crippen LogP contribution is -2.33. The van der Waals surface area contributed by atoms with Crippen molar-refractivity contribution in [2.45, 2.75) is 6.42 Å². The second-order valence-corrected chi connectivity index (χ2v) is 5.64. The van der Waals surface area contributed by atoms with Gasteiger partial charge in [-0.05, 0) is 11.6 Å². The van der Waals surface area contributed by atoms with Crippen molar-refractivity contribution in [1.29, 1.82) is 0 Å². The fourth-order valence-electron chi connectivity index (χ4n) is 2.07. The van der Waals surface area contributed by atoms with Crippen molar-refractivity contribution in [3.05, 3.63) is 52.4 Å². The third-order valence-electron chi connectivity index (χ3n) is 3.14. The number of fused-ring (bicyclic) bond motifs is 1. The Morgan fingerprint density at radius 2 is 2.05 bits per heavy atom. The molecule has 0 fully saturated rings. The van der Waals surface area contributed by atoms with Gasteiger partial charge in [0.1, 0.15) is 9.88 Å². The first-order valence-corrected chi connectivity index (χ1v) is 7.42. The lowest BCUT2D eigenvalue weighted by molar-refractivity contribution is 0.0515. The van der Waals surface area contributed by atoms with Crippen LogP contribution in [-0.2, 0) is 11.2 Å². The van der Waals surface area contributed by atoms with Crippen LogP contribution < -0.4 is 10.6 Å². The van der Waals surface area contributed by atoms with Crippen LogP contribution >= 0.6 is 11.3 Å². The highest BCUT2D eigenvalue weighted by molar-refractivity contribution is 7.18. The van der Waals surface area contributed by atoms with Gasteiger partial charge >= 0.3 is 5.97 Å². The number of thiophene rings is 1. The molecule has 5 nitrogen and oxygen atoms in total. The SMILES string of the molecule is O=C(OCCc1ccccc1)c1cc2c(s1)NCNC2=O. The molecule has 0 unspecified atom stereocenters. The van der Waals surface area contributed by atoms with Crippen molar-refractivity contribution in [2.75, 3.05) is 18.6 Å². The summed E-state index contributed by atoms with van der Waals surface area (Å²) in [5.41, 5.74) is 1.62. The third-order valence-corrected chi connectivity index (χ3v) is 4.22. The predicted molar refractivity (Wildman–Crippen MR) is 80.7 cm³/mol. The first-order valence-electron chi connectivity index (χ1n) is 6.61. The van der Waals surface area contributed by atoms with Crippen molar-refractivity contribution in [3.63, 3.8) is 0 Å². The number of hydrogen-bond acceptors (Lipinski definition) is 5. The van der Waals surface area contributed by atoms with E-state index in [1.807, 2.05) is 30.3 Å². The van der Waals surface area contributed by atoms with E-state index in [0.29, 0.717) is 35.1 Å². The van der Waals surface area contributed by atoms with Gasteiger partial charge in [-0.1, -0.05) is 30.3 Å². The molecule has 0 atom stereocenters. The number of esters is 1. The summed E-state index contributed by atoms with van der Waals surface area (Å²) in [4.78, 5) is 24.1. The van der Waals surface area contributed by atoms with E-state index in [2.05, 4.69) is 10.6 Å². The summed E-state index contributed by atoms with van der Waals surface area (Å²) in [6, 6.07) is 11.4. The zero-order valence-corrected chi connectivity index (χ0v) is 12.0. The standard InChI is InChI=1S/C15H14N2O3S/c18-13-11-8-12(21-14(11)17-9-16-13)15(19)20-7-6-10-4-2-1-3-5-10/h1-5,8,17H,6-7,9H2,(H,16,18). The van der Waals surface area contributed by atoms with Gasteiger partial charge in [0.25, 0.3) is 5.91 Å². The Kier molecular flexibility index (Phi) is 3.87. The zero-order valence-electron chi connectivity index (χ0n) is 11.2. The number of ether oxygens (including phenoxy) is 1. The normalized spacial score (nSPS) is 13.0. The van der Waals surface area contributed by atoms with Gasteiger partial charge in [-0.3, -0.25) is 4.79 Å². The molecule has 1 amide bonds. The average molecular weight is 302 g/mol. The van der Waals surface area contributed by atoms with Crippen LogP contribution in [-0.4, -0.2) is 25.2 Å². The highest BCUT2D eigenvalue weighted by Gasteiger charge is 2.22. The summed E-state index contributed by atoms with van der Waals surface area (Å²) in [5.74, 6) is -0.553. The van der Waals surface area contributed by atoms with E-state index in [1.54, 1.807) is 6.07 Å². The van der Waals surface area contributed by atoms with Gasteiger partial charge in [-0.2, -0.15) is 0 Å². The van der Waals surface area contributed by atoms with Crippen molar-refractivity contribution >= 4 is 28.2 Å². The molecular weight excluding hydrogens is 288 g/mol. The maximum absolute atomic E-state index is 12.0. The van der Waals surface area contributed by atoms with E-state index in [0.717, 1.165) is 5.56 Å². The molecule has 3 rings (SSSR count). The molecule has 6 heteroatoms. The average Bonchev–Trinajstić information content (AvgIpc) is 2.94. The van der Waals surface area contributed by atoms with Gasteiger partial charge in [0.05, 0.1) is 18.8 Å². The van der Waals surface area contributed by atoms with Crippen LogP contribution in [0.5, 0.6) is 0 Å². The maximum atomic E-state index is 12.0. The summed E-state index contributed by atoms with van der Waals surface area (Å²) in [5, 5.41) is 6.41. The highest BCUT2D eigenvalue weighted by atomic mass is 32.1. The molecule has 2 aromatic rings. The Balaban J connectivity index is 1.60. The maximum Gasteiger partial charge on any atom is 0.348 e. The Labute approximate surface area is 125 Å². The van der Waals surface area contributed by atoms with E-state index < -0.39 is 0 Å². The second kappa shape index (κ2) is 5.97. The van der Waals surface area contributed by atoms with Gasteiger partial charge in [-0.15, -0.1) is 11.3 Å². The fraction of sp³-hybridized carbons (Fsp3) is 0.200. The Bertz CT molecular complexity index is 667. The van der Waals surface area contributed by atoms with Gasteiger partial charge < -0.3 is 15.4 Å². The Morgan fingerprint density at radius 1 is 1.24 bits per heavy atom. The first kappa shape index (κ1) is 13.6. The number of carbonyl (C=O) groups excluding carboxylic acids is 2. The molecule has 108 valence electrons. The largest absolute Gasteiger partial charge is 0.461 e. The molecule has 0 spiro atoms. The molecule has 2 heterocycles. The first-order chi connectivity index (χ1) is 10.2. The highest BCUT2D eigenvalue weighted by Crippen LogP contribution is 2.30. The molecule has 1 aliphatic heterocycles. The number of carbonyl (C=O) groups is 2. The van der Waals surface area contributed by atoms with Crippen molar-refractivity contribution in [3.8, 4) is 0 Å². The van der Waals surface area contributed by atoms with E-state index in [-0.39, 0.29) is 11.9 Å². The second-order valence-electron chi connectivity index (χ2n) is 4.58. The monoisotopic (exact) mass is 302 g/mol. The molecule has 0 radical (unpaired) electrons. The smallest absolute Gasteiger partial charge is 0.348 e. The van der Waals surface area contributed by atoms with E-state index in [9.17, 15) is 9.59 Å². The molecule has 1 aromatic carbocycles. The molecule has 1 aromatic heterocycles. The molecular formula is C15H14N2O3S. The van der Waals surface area contributed by atoms with E-state index >= 15 is 0 Å². The molecule has 0 saturated carbocycles. The summed E-state index contributed by atoms with van der Waals surface area (Å²) >= 11 is 1.25. The van der Waals surface area contributed by atoms with Crippen molar-refractivity contribution in [1.82, 2.24) is 5.32 Å². The predicted octanol–water partition coefficient (Wildman–Crippen LogP) is 2.26. The third kappa shape index (κ3) is 3.05. The van der Waals surface area contributed by atoms with Crippen LogP contribution in [0.25, 0.3) is 0 Å². The van der Waals surface area contributed by atoms with Crippen LogP contribution in [0.3, 0.4) is 0 Å². The fourth-order valence-corrected chi connectivity index (χ4v) is 3.01. The van der Waals surface area contributed by atoms with Crippen LogP contribution in [0.2, 0.25) is 0 Å². The number of anilines is 1. The minimum atomic E-state index is -0.389. The number of hydrogen-bond donors (Lipinski definition) is 2. The minimum absolute atomic E-state index is 0.164. The van der Waals surface area contributed by atoms with Gasteiger partial charge in [0, 0.05) is 6.42 Å². The number of nitrogens with one attached hydrogen (secondary N) is 2. The zero-order chi connectivity index (χ0) is 14.7. The molecule has 2 N–H and O–H groups in total. The lowest BCUT2D eigenvalue weighted by atomic mass is 10.2. The van der Waals surface area contributed by atoms with Crippen LogP contribution in [0.1, 0.15) is 25.6 Å². The quantitative estimate of drug-likeness (QED) is 0.850. The summed E-state index contributed by atoms with van der Waals surface area (Å²) in [6.45, 7) is 0.708. The van der Waals surface area contributed by atoms with Crippen LogP contribution in [0, 0.1) is 0 Å². The molecule has 0 saturated heterocycles. The summed E-state index contributed by atoms with van der Waals surface area (Å²) in [7, 11) is 0. The van der Waals surface area contributed by atoms with Gasteiger partial charge in [0.2, 0.25) is 0 Å². The summed E-state index contributed by atoms with van der Waals surface area (Å²) in [6.07, 6.45) is 0.677. The van der Waals surface area contributed by atoms with E-state index in [4.69, 9.17) is 4.74 Å². The van der Waals surface area contributed by atoms with Gasteiger partial charge in [-0.25, -0.2) is 4.79 Å². The lowest BCUT2D eigenvalue weighted by Gasteiger charge is -2.13. The van der Waals surface area contributed by atoms with Crippen molar-refractivity contribution in [2.24, 2.45) is 0 Å². The molecule has 0 bridgehead atoms. The molecule has 1 aliphatic rings. The van der Waals surface area contributed by atoms with Crippen LogP contribution in [0.4, 0.5) is 5.00 Å². The number of amides is 1. The van der Waals surface area contributed by atoms with Crippen molar-refractivity contribution < 1.29 is 14.3 Å².